The molecule has 1 amide bonds. The summed E-state index contributed by atoms with van der Waals surface area (Å²) in [5.41, 5.74) is 5.26. The number of aryl methyl sites for hydroxylation is 1. The van der Waals surface area contributed by atoms with E-state index in [-0.39, 0.29) is 5.91 Å². The van der Waals surface area contributed by atoms with Gasteiger partial charge in [0.15, 0.2) is 5.96 Å². The topological polar surface area (TPSA) is 51.2 Å². The van der Waals surface area contributed by atoms with Crippen molar-refractivity contribution < 1.29 is 4.79 Å². The van der Waals surface area contributed by atoms with Gasteiger partial charge in [-0.2, -0.15) is 0 Å². The van der Waals surface area contributed by atoms with Gasteiger partial charge in [0.1, 0.15) is 0 Å². The molecule has 0 radical (unpaired) electrons. The van der Waals surface area contributed by atoms with Crippen LogP contribution in [0.2, 0.25) is 0 Å². The van der Waals surface area contributed by atoms with Crippen LogP contribution in [-0.4, -0.2) is 68.0 Å². The van der Waals surface area contributed by atoms with E-state index in [1.165, 1.54) is 22.4 Å². The van der Waals surface area contributed by atoms with Crippen molar-refractivity contribution in [3.8, 4) is 0 Å². The number of nitrogens with zero attached hydrogens (tertiary/aromatic N) is 4. The van der Waals surface area contributed by atoms with Gasteiger partial charge in [-0.05, 0) is 48.6 Å². The fourth-order valence-electron chi connectivity index (χ4n) is 4.64. The molecule has 0 aromatic heterocycles. The lowest BCUT2D eigenvalue weighted by molar-refractivity contribution is -0.132. The monoisotopic (exact) mass is 433 g/mol. The van der Waals surface area contributed by atoms with Gasteiger partial charge in [-0.3, -0.25) is 9.79 Å². The Kier molecular flexibility index (Phi) is 7.30. The van der Waals surface area contributed by atoms with E-state index in [1.807, 2.05) is 11.9 Å². The van der Waals surface area contributed by atoms with Crippen LogP contribution in [0.1, 0.15) is 29.5 Å². The second-order valence-corrected chi connectivity index (χ2v) is 8.72. The highest BCUT2D eigenvalue weighted by Crippen LogP contribution is 2.20. The summed E-state index contributed by atoms with van der Waals surface area (Å²) in [4.78, 5) is 23.9. The van der Waals surface area contributed by atoms with Gasteiger partial charge < -0.3 is 20.0 Å². The largest absolute Gasteiger partial charge is 0.368 e. The third-order valence-corrected chi connectivity index (χ3v) is 6.49. The van der Waals surface area contributed by atoms with Crippen LogP contribution >= 0.6 is 0 Å². The van der Waals surface area contributed by atoms with E-state index >= 15 is 0 Å². The number of anilines is 1. The average molecular weight is 434 g/mol. The Morgan fingerprint density at radius 1 is 0.969 bits per heavy atom. The van der Waals surface area contributed by atoms with E-state index < -0.39 is 0 Å². The van der Waals surface area contributed by atoms with Crippen molar-refractivity contribution in [1.82, 2.24) is 15.1 Å². The van der Waals surface area contributed by atoms with Gasteiger partial charge in [0.05, 0.1) is 0 Å². The molecular weight excluding hydrogens is 398 g/mol. The second kappa shape index (κ2) is 10.5. The number of carbonyl (C=O) groups excluding carboxylic acids is 1. The number of amides is 1. The van der Waals surface area contributed by atoms with Gasteiger partial charge in [-0.15, -0.1) is 0 Å². The summed E-state index contributed by atoms with van der Waals surface area (Å²) in [6.45, 7) is 8.34. The molecule has 0 aliphatic carbocycles. The molecule has 0 bridgehead atoms. The molecule has 4 rings (SSSR count). The van der Waals surface area contributed by atoms with E-state index in [2.05, 4.69) is 75.6 Å². The number of guanidine groups is 1. The molecule has 6 nitrogen and oxygen atoms in total. The summed E-state index contributed by atoms with van der Waals surface area (Å²) in [5, 5.41) is 3.46. The molecule has 170 valence electrons. The maximum Gasteiger partial charge on any atom is 0.222 e. The number of hydrogen-bond donors (Lipinski definition) is 1. The van der Waals surface area contributed by atoms with Crippen LogP contribution in [0, 0.1) is 6.92 Å². The minimum atomic E-state index is 0.253. The van der Waals surface area contributed by atoms with Gasteiger partial charge in [-0.25, -0.2) is 0 Å². The minimum Gasteiger partial charge on any atom is -0.368 e. The second-order valence-electron chi connectivity index (χ2n) is 8.72. The smallest absolute Gasteiger partial charge is 0.222 e. The average Bonchev–Trinajstić information content (AvgIpc) is 2.84. The summed E-state index contributed by atoms with van der Waals surface area (Å²) in [6.07, 6.45) is 2.36. The van der Waals surface area contributed by atoms with Crippen molar-refractivity contribution in [2.75, 3.05) is 51.2 Å². The molecule has 2 aromatic rings. The fraction of sp³-hybridized carbons (Fsp3) is 0.462. The van der Waals surface area contributed by atoms with Gasteiger partial charge in [0, 0.05) is 65.0 Å². The summed E-state index contributed by atoms with van der Waals surface area (Å²) >= 11 is 0. The van der Waals surface area contributed by atoms with Crippen LogP contribution in [0.25, 0.3) is 0 Å². The number of hydrogen-bond acceptors (Lipinski definition) is 3. The fourth-order valence-corrected chi connectivity index (χ4v) is 4.64. The van der Waals surface area contributed by atoms with Crippen LogP contribution in [0.5, 0.6) is 0 Å². The van der Waals surface area contributed by atoms with E-state index in [1.54, 1.807) is 0 Å². The zero-order valence-corrected chi connectivity index (χ0v) is 19.4. The van der Waals surface area contributed by atoms with Crippen molar-refractivity contribution in [2.24, 2.45) is 4.99 Å². The highest BCUT2D eigenvalue weighted by Gasteiger charge is 2.21. The molecule has 0 atom stereocenters. The standard InChI is InChI=1S/C26H35N5O/c1-21-7-5-10-24(19-21)29-15-17-30(18-16-29)26(27-2)28-13-6-11-25(32)31-14-12-22-8-3-4-9-23(22)20-31/h3-5,7-10,19H,6,11-18,20H2,1-2H3,(H,27,28). The van der Waals surface area contributed by atoms with Gasteiger partial charge in [-0.1, -0.05) is 36.4 Å². The molecule has 2 aliphatic rings. The Bertz CT molecular complexity index is 949. The number of aliphatic imine (C=N–C) groups is 1. The molecule has 1 fully saturated rings. The van der Waals surface area contributed by atoms with Crippen LogP contribution in [0.3, 0.4) is 0 Å². The summed E-state index contributed by atoms with van der Waals surface area (Å²) in [6, 6.07) is 17.2. The number of piperazine rings is 1. The van der Waals surface area contributed by atoms with Crippen molar-refractivity contribution in [1.29, 1.82) is 0 Å². The zero-order valence-electron chi connectivity index (χ0n) is 19.4. The van der Waals surface area contributed by atoms with Gasteiger partial charge >= 0.3 is 0 Å². The first-order valence-corrected chi connectivity index (χ1v) is 11.8. The molecule has 32 heavy (non-hydrogen) atoms. The first-order valence-electron chi connectivity index (χ1n) is 11.8. The number of carbonyl (C=O) groups is 1. The van der Waals surface area contributed by atoms with Crippen LogP contribution in [-0.2, 0) is 17.8 Å². The van der Waals surface area contributed by atoms with E-state index in [0.29, 0.717) is 6.42 Å². The zero-order chi connectivity index (χ0) is 22.3. The lowest BCUT2D eigenvalue weighted by Gasteiger charge is -2.37. The van der Waals surface area contributed by atoms with Gasteiger partial charge in [0.25, 0.3) is 0 Å². The molecule has 1 N–H and O–H groups in total. The molecule has 0 unspecified atom stereocenters. The third-order valence-electron chi connectivity index (χ3n) is 6.49. The predicted octanol–water partition coefficient (Wildman–Crippen LogP) is 3.06. The molecular formula is C26H35N5O. The number of fused-ring (bicyclic) bond motifs is 1. The van der Waals surface area contributed by atoms with E-state index in [9.17, 15) is 4.79 Å². The van der Waals surface area contributed by atoms with Crippen molar-refractivity contribution in [3.63, 3.8) is 0 Å². The predicted molar refractivity (Wildman–Crippen MR) is 131 cm³/mol. The normalized spacial score (nSPS) is 16.7. The highest BCUT2D eigenvalue weighted by molar-refractivity contribution is 5.80. The summed E-state index contributed by atoms with van der Waals surface area (Å²) in [7, 11) is 1.84. The van der Waals surface area contributed by atoms with Crippen LogP contribution in [0.4, 0.5) is 5.69 Å². The SMILES string of the molecule is CN=C(NCCCC(=O)N1CCc2ccccc2C1)N1CCN(c2cccc(C)c2)CC1. The number of nitrogens with one attached hydrogen (secondary N) is 1. The Morgan fingerprint density at radius 2 is 1.75 bits per heavy atom. The van der Waals surface area contributed by atoms with E-state index in [4.69, 9.17) is 0 Å². The first-order chi connectivity index (χ1) is 15.6. The van der Waals surface area contributed by atoms with Gasteiger partial charge in [0.2, 0.25) is 5.91 Å². The third kappa shape index (κ3) is 5.42. The molecule has 2 heterocycles. The number of rotatable bonds is 5. The lowest BCUT2D eigenvalue weighted by Crippen LogP contribution is -2.52. The lowest BCUT2D eigenvalue weighted by atomic mass is 9.99. The molecule has 0 saturated carbocycles. The Morgan fingerprint density at radius 3 is 2.50 bits per heavy atom. The van der Waals surface area contributed by atoms with Crippen molar-refractivity contribution >= 4 is 17.6 Å². The van der Waals surface area contributed by atoms with Crippen LogP contribution < -0.4 is 10.2 Å². The Labute approximate surface area is 191 Å². The highest BCUT2D eigenvalue weighted by atomic mass is 16.2. The van der Waals surface area contributed by atoms with Crippen LogP contribution in [0.15, 0.2) is 53.5 Å². The Hall–Kier alpha value is -3.02. The maximum atomic E-state index is 12.7. The number of benzene rings is 2. The first kappa shape index (κ1) is 22.2. The molecule has 2 aliphatic heterocycles. The minimum absolute atomic E-state index is 0.253. The maximum absolute atomic E-state index is 12.7. The molecule has 6 heteroatoms. The quantitative estimate of drug-likeness (QED) is 0.447. The Balaban J connectivity index is 1.18. The molecule has 1 saturated heterocycles. The molecule has 2 aromatic carbocycles. The van der Waals surface area contributed by atoms with Crippen molar-refractivity contribution in [3.05, 3.63) is 65.2 Å². The molecule has 0 spiro atoms. The van der Waals surface area contributed by atoms with E-state index in [0.717, 1.165) is 64.6 Å². The summed E-state index contributed by atoms with van der Waals surface area (Å²) in [5.74, 6) is 1.19. The summed E-state index contributed by atoms with van der Waals surface area (Å²) < 4.78 is 0. The van der Waals surface area contributed by atoms with Crippen molar-refractivity contribution in [2.45, 2.75) is 32.7 Å².